The van der Waals surface area contributed by atoms with Crippen LogP contribution < -0.4 is 4.84 Å². The van der Waals surface area contributed by atoms with Crippen molar-refractivity contribution in [3.05, 3.63) is 47.8 Å². The highest BCUT2D eigenvalue weighted by Crippen LogP contribution is 2.12. The van der Waals surface area contributed by atoms with E-state index >= 15 is 0 Å². The van der Waals surface area contributed by atoms with E-state index in [0.717, 1.165) is 18.4 Å². The van der Waals surface area contributed by atoms with Crippen molar-refractivity contribution >= 4 is 5.78 Å². The molecule has 2 rings (SSSR count). The predicted octanol–water partition coefficient (Wildman–Crippen LogP) is 5.01. The van der Waals surface area contributed by atoms with Gasteiger partial charge in [-0.15, -0.1) is 5.10 Å². The van der Waals surface area contributed by atoms with E-state index in [1.54, 1.807) is 0 Å². The van der Waals surface area contributed by atoms with Crippen LogP contribution in [0.3, 0.4) is 0 Å². The first-order valence-corrected chi connectivity index (χ1v) is 9.92. The number of ketones is 1. The molecule has 0 aliphatic carbocycles. The van der Waals surface area contributed by atoms with E-state index in [0.29, 0.717) is 18.7 Å². The summed E-state index contributed by atoms with van der Waals surface area (Å²) < 4.78 is 0. The number of carbonyl (C=O) groups is 1. The molecule has 0 N–H and O–H groups in total. The van der Waals surface area contributed by atoms with Crippen LogP contribution in [0.15, 0.2) is 36.5 Å². The van der Waals surface area contributed by atoms with Crippen molar-refractivity contribution in [2.45, 2.75) is 77.7 Å². The van der Waals surface area contributed by atoms with Crippen molar-refractivity contribution in [3.8, 4) is 0 Å². The number of nitrogens with zero attached hydrogens (tertiary/aromatic N) is 3. The Morgan fingerprint density at radius 2 is 1.62 bits per heavy atom. The minimum Gasteiger partial charge on any atom is -0.390 e. The number of Topliss-reactive ketones (excluding diaryl/α,β-unsaturated/α-hetero) is 1. The van der Waals surface area contributed by atoms with E-state index in [2.05, 4.69) is 17.2 Å². The fourth-order valence-corrected chi connectivity index (χ4v) is 2.93. The molecule has 1 heterocycles. The summed E-state index contributed by atoms with van der Waals surface area (Å²) in [5.41, 5.74) is 1.46. The van der Waals surface area contributed by atoms with Crippen LogP contribution in [-0.2, 0) is 6.61 Å². The van der Waals surface area contributed by atoms with Crippen LogP contribution >= 0.6 is 0 Å². The Balaban J connectivity index is 1.63. The minimum absolute atomic E-state index is 0.0472. The molecule has 142 valence electrons. The first kappa shape index (κ1) is 20.1. The molecule has 2 aromatic rings. The molecule has 0 aliphatic heterocycles. The standard InChI is InChI=1S/C21H31N3O2/c1-2-3-4-5-6-7-8-9-13-16-21(25)20-17-22-23-24(20)26-18-19-14-11-10-12-15-19/h10-12,14-15,17H,2-9,13,16,18H2,1H3. The predicted molar refractivity (Wildman–Crippen MR) is 103 cm³/mol. The number of carbonyl (C=O) groups excluding carboxylic acids is 1. The molecule has 0 fully saturated rings. The van der Waals surface area contributed by atoms with Crippen LogP contribution in [0.1, 0.15) is 87.2 Å². The summed E-state index contributed by atoms with van der Waals surface area (Å²) in [7, 11) is 0. The molecule has 5 nitrogen and oxygen atoms in total. The van der Waals surface area contributed by atoms with Crippen LogP contribution in [-0.4, -0.2) is 20.9 Å². The molecule has 5 heteroatoms. The van der Waals surface area contributed by atoms with Gasteiger partial charge in [-0.25, -0.2) is 0 Å². The molecule has 1 aromatic heterocycles. The van der Waals surface area contributed by atoms with Crippen molar-refractivity contribution in [2.75, 3.05) is 0 Å². The third-order valence-electron chi connectivity index (χ3n) is 4.51. The van der Waals surface area contributed by atoms with Crippen LogP contribution in [0.5, 0.6) is 0 Å². The van der Waals surface area contributed by atoms with Gasteiger partial charge in [0.2, 0.25) is 0 Å². The highest BCUT2D eigenvalue weighted by atomic mass is 16.7. The Labute approximate surface area is 156 Å². The van der Waals surface area contributed by atoms with Gasteiger partial charge < -0.3 is 4.84 Å². The second-order valence-corrected chi connectivity index (χ2v) is 6.75. The average Bonchev–Trinajstić information content (AvgIpc) is 3.14. The first-order chi connectivity index (χ1) is 12.8. The van der Waals surface area contributed by atoms with E-state index in [1.165, 1.54) is 56.0 Å². The third kappa shape index (κ3) is 7.38. The molecule has 0 radical (unpaired) electrons. The molecular weight excluding hydrogens is 326 g/mol. The number of hydrogen-bond acceptors (Lipinski definition) is 4. The maximum atomic E-state index is 12.4. The highest BCUT2D eigenvalue weighted by Gasteiger charge is 2.14. The van der Waals surface area contributed by atoms with E-state index in [1.807, 2.05) is 30.3 Å². The summed E-state index contributed by atoms with van der Waals surface area (Å²) in [6, 6.07) is 9.81. The smallest absolute Gasteiger partial charge is 0.186 e. The van der Waals surface area contributed by atoms with Crippen LogP contribution in [0.25, 0.3) is 0 Å². The number of aromatic nitrogens is 3. The normalized spacial score (nSPS) is 10.8. The van der Waals surface area contributed by atoms with Gasteiger partial charge >= 0.3 is 0 Å². The van der Waals surface area contributed by atoms with Gasteiger partial charge in [-0.3, -0.25) is 4.79 Å². The van der Waals surface area contributed by atoms with Crippen molar-refractivity contribution < 1.29 is 9.63 Å². The lowest BCUT2D eigenvalue weighted by atomic mass is 10.0. The number of benzene rings is 1. The van der Waals surface area contributed by atoms with Gasteiger partial charge in [0.25, 0.3) is 0 Å². The summed E-state index contributed by atoms with van der Waals surface area (Å²) in [4.78, 5) is 19.2. The Hall–Kier alpha value is -2.17. The van der Waals surface area contributed by atoms with Gasteiger partial charge in [-0.05, 0) is 17.2 Å². The largest absolute Gasteiger partial charge is 0.390 e. The van der Waals surface area contributed by atoms with Crippen LogP contribution in [0.4, 0.5) is 0 Å². The molecule has 0 bridgehead atoms. The molecule has 26 heavy (non-hydrogen) atoms. The summed E-state index contributed by atoms with van der Waals surface area (Å²) in [5, 5.41) is 7.68. The molecule has 0 aliphatic rings. The Kier molecular flexibility index (Phi) is 9.47. The van der Waals surface area contributed by atoms with Gasteiger partial charge in [-0.2, -0.15) is 0 Å². The zero-order chi connectivity index (χ0) is 18.5. The molecule has 0 saturated heterocycles. The van der Waals surface area contributed by atoms with Crippen LogP contribution in [0.2, 0.25) is 0 Å². The maximum Gasteiger partial charge on any atom is 0.186 e. The topological polar surface area (TPSA) is 57.0 Å². The Morgan fingerprint density at radius 1 is 0.962 bits per heavy atom. The fourth-order valence-electron chi connectivity index (χ4n) is 2.93. The lowest BCUT2D eigenvalue weighted by molar-refractivity contribution is 0.0563. The third-order valence-corrected chi connectivity index (χ3v) is 4.51. The van der Waals surface area contributed by atoms with E-state index in [9.17, 15) is 4.79 Å². The first-order valence-electron chi connectivity index (χ1n) is 9.92. The lowest BCUT2D eigenvalue weighted by Crippen LogP contribution is -2.18. The van der Waals surface area contributed by atoms with Crippen LogP contribution in [0, 0.1) is 0 Å². The average molecular weight is 357 g/mol. The molecule has 0 unspecified atom stereocenters. The maximum absolute atomic E-state index is 12.4. The van der Waals surface area contributed by atoms with Crippen molar-refractivity contribution in [2.24, 2.45) is 0 Å². The lowest BCUT2D eigenvalue weighted by Gasteiger charge is -2.07. The Morgan fingerprint density at radius 3 is 2.31 bits per heavy atom. The monoisotopic (exact) mass is 357 g/mol. The van der Waals surface area contributed by atoms with Gasteiger partial charge in [0, 0.05) is 6.42 Å². The fraction of sp³-hybridized carbons (Fsp3) is 0.571. The molecule has 0 saturated carbocycles. The molecular formula is C21H31N3O2. The van der Waals surface area contributed by atoms with Crippen molar-refractivity contribution in [1.29, 1.82) is 0 Å². The molecule has 1 aromatic carbocycles. The van der Waals surface area contributed by atoms with Gasteiger partial charge in [-0.1, -0.05) is 93.5 Å². The van der Waals surface area contributed by atoms with E-state index in [4.69, 9.17) is 4.84 Å². The van der Waals surface area contributed by atoms with Gasteiger partial charge in [0.15, 0.2) is 11.5 Å². The molecule has 0 amide bonds. The molecule has 0 spiro atoms. The number of unbranched alkanes of at least 4 members (excludes halogenated alkanes) is 8. The second kappa shape index (κ2) is 12.2. The molecule has 0 atom stereocenters. The second-order valence-electron chi connectivity index (χ2n) is 6.75. The van der Waals surface area contributed by atoms with Gasteiger partial charge in [0.05, 0.1) is 6.20 Å². The summed E-state index contributed by atoms with van der Waals surface area (Å²) >= 11 is 0. The summed E-state index contributed by atoms with van der Waals surface area (Å²) in [6.45, 7) is 2.60. The Bertz CT molecular complexity index is 625. The minimum atomic E-state index is 0.0472. The quantitative estimate of drug-likeness (QED) is 0.352. The van der Waals surface area contributed by atoms with Crippen molar-refractivity contribution in [1.82, 2.24) is 15.2 Å². The SMILES string of the molecule is CCCCCCCCCCCC(=O)c1cnnn1OCc1ccccc1. The zero-order valence-corrected chi connectivity index (χ0v) is 15.9. The number of hydrogen-bond donors (Lipinski definition) is 0. The van der Waals surface area contributed by atoms with E-state index in [-0.39, 0.29) is 5.78 Å². The van der Waals surface area contributed by atoms with E-state index < -0.39 is 0 Å². The zero-order valence-electron chi connectivity index (χ0n) is 15.9. The highest BCUT2D eigenvalue weighted by molar-refractivity contribution is 5.93. The summed E-state index contributed by atoms with van der Waals surface area (Å²) in [5.74, 6) is 0.0472. The van der Waals surface area contributed by atoms with Gasteiger partial charge in [0.1, 0.15) is 6.61 Å². The number of rotatable bonds is 14. The summed E-state index contributed by atoms with van der Waals surface area (Å²) in [6.07, 6.45) is 13.2. The van der Waals surface area contributed by atoms with Crippen molar-refractivity contribution in [3.63, 3.8) is 0 Å².